The quantitative estimate of drug-likeness (QED) is 0.357. The molecule has 8 heteroatoms. The summed E-state index contributed by atoms with van der Waals surface area (Å²) in [4.78, 5) is 39.8. The number of nitrogens with zero attached hydrogens (tertiary/aromatic N) is 1. The maximum Gasteiger partial charge on any atom is 0.305 e. The molecule has 3 aliphatic carbocycles. The first-order chi connectivity index (χ1) is 16.6. The van der Waals surface area contributed by atoms with Gasteiger partial charge in [0.05, 0.1) is 50.3 Å². The highest BCUT2D eigenvalue weighted by Crippen LogP contribution is 2.75. The van der Waals surface area contributed by atoms with Gasteiger partial charge in [0.25, 0.3) is 0 Å². The number of hydrogen-bond acceptors (Lipinski definition) is 8. The van der Waals surface area contributed by atoms with Crippen LogP contribution in [0.1, 0.15) is 64.9 Å². The molecule has 1 aromatic rings. The molecule has 188 valence electrons. The molecule has 0 bridgehead atoms. The number of esters is 1. The Morgan fingerprint density at radius 3 is 2.69 bits per heavy atom. The molecule has 2 saturated carbocycles. The van der Waals surface area contributed by atoms with E-state index in [1.54, 1.807) is 12.5 Å². The van der Waals surface area contributed by atoms with Crippen molar-refractivity contribution in [2.45, 2.75) is 83.1 Å². The Morgan fingerprint density at radius 1 is 1.26 bits per heavy atom. The van der Waals surface area contributed by atoms with Crippen LogP contribution in [0.4, 0.5) is 0 Å². The molecule has 8 nitrogen and oxygen atoms in total. The lowest BCUT2D eigenvalue weighted by Gasteiger charge is -2.64. The number of ether oxygens (including phenoxy) is 3. The monoisotopic (exact) mass is 483 g/mol. The van der Waals surface area contributed by atoms with Crippen LogP contribution in [0.3, 0.4) is 0 Å². The van der Waals surface area contributed by atoms with Gasteiger partial charge in [-0.2, -0.15) is 4.91 Å². The first-order valence-electron chi connectivity index (χ1n) is 12.5. The van der Waals surface area contributed by atoms with Crippen LogP contribution in [0.25, 0.3) is 0 Å². The van der Waals surface area contributed by atoms with E-state index in [2.05, 4.69) is 19.0 Å². The van der Waals surface area contributed by atoms with E-state index in [1.807, 2.05) is 19.9 Å². The molecule has 0 radical (unpaired) electrons. The van der Waals surface area contributed by atoms with Crippen LogP contribution in [-0.2, 0) is 23.8 Å². The minimum Gasteiger partial charge on any atom is -0.472 e. The summed E-state index contributed by atoms with van der Waals surface area (Å²) in [5.74, 6) is -0.815. The second-order valence-electron chi connectivity index (χ2n) is 11.9. The first-order valence-corrected chi connectivity index (χ1v) is 12.5. The van der Waals surface area contributed by atoms with E-state index in [0.29, 0.717) is 19.4 Å². The number of nitroso groups, excluding NO2 is 1. The minimum atomic E-state index is -1.31. The Labute approximate surface area is 204 Å². The molecule has 0 spiro atoms. The largest absolute Gasteiger partial charge is 0.472 e. The van der Waals surface area contributed by atoms with Crippen LogP contribution >= 0.6 is 0 Å². The van der Waals surface area contributed by atoms with Crippen molar-refractivity contribution in [3.63, 3.8) is 0 Å². The third kappa shape index (κ3) is 2.41. The fraction of sp³-hybridized carbons (Fsp3) is 0.704. The van der Waals surface area contributed by atoms with Gasteiger partial charge in [0.15, 0.2) is 5.54 Å². The highest BCUT2D eigenvalue weighted by molar-refractivity contribution is 5.90. The maximum absolute atomic E-state index is 13.9. The van der Waals surface area contributed by atoms with Crippen molar-refractivity contribution in [1.82, 2.24) is 0 Å². The number of carbonyl (C=O) groups excluding carboxylic acids is 2. The molecule has 5 aliphatic rings. The number of hydrogen-bond donors (Lipinski definition) is 0. The van der Waals surface area contributed by atoms with Crippen molar-refractivity contribution >= 4 is 11.8 Å². The predicted octanol–water partition coefficient (Wildman–Crippen LogP) is 4.33. The Bertz CT molecular complexity index is 1140. The lowest BCUT2D eigenvalue weighted by atomic mass is 9.37. The number of Topliss-reactive ketones (excluding diaryl/α,β-unsaturated/α-hetero) is 1. The average Bonchev–Trinajstić information content (AvgIpc) is 3.59. The average molecular weight is 484 g/mol. The van der Waals surface area contributed by atoms with Crippen LogP contribution < -0.4 is 0 Å². The molecule has 6 rings (SSSR count). The number of ketones is 1. The molecule has 1 aromatic heterocycles. The zero-order chi connectivity index (χ0) is 25.0. The van der Waals surface area contributed by atoms with E-state index < -0.39 is 45.9 Å². The first kappa shape index (κ1) is 23.1. The summed E-state index contributed by atoms with van der Waals surface area (Å²) < 4.78 is 23.7. The molecule has 0 aromatic carbocycles. The van der Waals surface area contributed by atoms with Gasteiger partial charge in [0.1, 0.15) is 11.9 Å². The summed E-state index contributed by atoms with van der Waals surface area (Å²) in [7, 11) is 1.36. The second-order valence-corrected chi connectivity index (χ2v) is 11.9. The summed E-state index contributed by atoms with van der Waals surface area (Å²) in [5.41, 5.74) is -0.428. The van der Waals surface area contributed by atoms with Gasteiger partial charge < -0.3 is 18.6 Å². The number of carbonyl (C=O) groups is 2. The van der Waals surface area contributed by atoms with Crippen molar-refractivity contribution in [2.75, 3.05) is 13.7 Å². The molecule has 2 saturated heterocycles. The molecule has 2 aliphatic heterocycles. The molecule has 0 N–H and O–H groups in total. The highest BCUT2D eigenvalue weighted by atomic mass is 16.6. The van der Waals surface area contributed by atoms with Gasteiger partial charge in [-0.3, -0.25) is 9.59 Å². The molecular weight excluding hydrogens is 450 g/mol. The van der Waals surface area contributed by atoms with Crippen LogP contribution in [0, 0.1) is 27.1 Å². The van der Waals surface area contributed by atoms with Crippen molar-refractivity contribution in [3.05, 3.63) is 40.2 Å². The summed E-state index contributed by atoms with van der Waals surface area (Å²) in [5, 5.41) is 3.81. The number of furan rings is 1. The van der Waals surface area contributed by atoms with E-state index in [4.69, 9.17) is 18.6 Å². The van der Waals surface area contributed by atoms with Crippen molar-refractivity contribution < 1.29 is 28.2 Å². The summed E-state index contributed by atoms with van der Waals surface area (Å²) >= 11 is 0. The van der Waals surface area contributed by atoms with Crippen LogP contribution in [0.15, 0.2) is 39.3 Å². The maximum atomic E-state index is 13.9. The van der Waals surface area contributed by atoms with Gasteiger partial charge in [0.2, 0.25) is 0 Å². The number of methoxy groups -OCH3 is 1. The lowest BCUT2D eigenvalue weighted by Crippen LogP contribution is -2.76. The zero-order valence-electron chi connectivity index (χ0n) is 21.0. The molecule has 3 heterocycles. The Balaban J connectivity index is 1.60. The van der Waals surface area contributed by atoms with Gasteiger partial charge >= 0.3 is 5.97 Å². The van der Waals surface area contributed by atoms with Gasteiger partial charge in [-0.1, -0.05) is 24.6 Å². The van der Waals surface area contributed by atoms with Gasteiger partial charge in [-0.25, -0.2) is 0 Å². The van der Waals surface area contributed by atoms with E-state index in [-0.39, 0.29) is 24.2 Å². The standard InChI is InChI=1S/C27H33NO7/c1-14-16(15-7-9-33-12-15)10-17-21(14)25(3)18(11-20(30)32-5)26(4)19(29)6-8-24(2)13-34-23(22(25)35-17)27(24,26)28-31/h7,9,12,16-18,22-23H,6,8,10-11,13H2,1-5H3/t16-,17-,18+,22-,23+,24+,25-,26+,27-/m1/s1. The smallest absolute Gasteiger partial charge is 0.305 e. The molecule has 4 fully saturated rings. The fourth-order valence-electron chi connectivity index (χ4n) is 9.13. The third-order valence-electron chi connectivity index (χ3n) is 10.8. The number of allylic oxidation sites excluding steroid dienone is 1. The number of fused-ring (bicyclic) bond motifs is 4. The van der Waals surface area contributed by atoms with E-state index in [0.717, 1.165) is 17.6 Å². The SMILES string of the molecule is COC(=O)C[C@H]1[C@]2(C)C3=C(C)[C@H](c4ccoc4)C[C@H]3O[C@@H]2[C@@H]2OC[C@]3(C)CCC(=O)[C@@]1(C)[C@@]23N=O. The minimum absolute atomic E-state index is 0.00898. The summed E-state index contributed by atoms with van der Waals surface area (Å²) in [6, 6.07) is 1.97. The number of rotatable bonds is 4. The molecule has 0 unspecified atom stereocenters. The van der Waals surface area contributed by atoms with Gasteiger partial charge in [0, 0.05) is 23.2 Å². The van der Waals surface area contributed by atoms with Gasteiger partial charge in [-0.05, 0) is 49.8 Å². The highest BCUT2D eigenvalue weighted by Gasteiger charge is 2.84. The van der Waals surface area contributed by atoms with E-state index >= 15 is 0 Å². The Morgan fingerprint density at radius 2 is 2.03 bits per heavy atom. The normalized spacial score (nSPS) is 47.9. The Hall–Kier alpha value is -2.32. The molecule has 9 atom stereocenters. The zero-order valence-corrected chi connectivity index (χ0v) is 21.0. The van der Waals surface area contributed by atoms with E-state index in [9.17, 15) is 14.5 Å². The van der Waals surface area contributed by atoms with Crippen molar-refractivity contribution in [3.8, 4) is 0 Å². The van der Waals surface area contributed by atoms with E-state index in [1.165, 1.54) is 12.7 Å². The van der Waals surface area contributed by atoms with Crippen molar-refractivity contribution in [2.24, 2.45) is 27.3 Å². The second kappa shape index (κ2) is 7.13. The molecule has 35 heavy (non-hydrogen) atoms. The molecule has 0 amide bonds. The Kier molecular flexibility index (Phi) is 4.70. The summed E-state index contributed by atoms with van der Waals surface area (Å²) in [6.07, 6.45) is 3.72. The molecular formula is C27H33NO7. The van der Waals surface area contributed by atoms with Crippen LogP contribution in [0.5, 0.6) is 0 Å². The van der Waals surface area contributed by atoms with Gasteiger partial charge in [-0.15, -0.1) is 0 Å². The van der Waals surface area contributed by atoms with Crippen LogP contribution in [0.2, 0.25) is 0 Å². The predicted molar refractivity (Wildman–Crippen MR) is 124 cm³/mol. The lowest BCUT2D eigenvalue weighted by molar-refractivity contribution is -0.204. The third-order valence-corrected chi connectivity index (χ3v) is 10.8. The fourth-order valence-corrected chi connectivity index (χ4v) is 9.13. The van der Waals surface area contributed by atoms with Crippen molar-refractivity contribution in [1.29, 1.82) is 0 Å². The summed E-state index contributed by atoms with van der Waals surface area (Å²) in [6.45, 7) is 8.42. The van der Waals surface area contributed by atoms with Crippen LogP contribution in [-0.4, -0.2) is 49.3 Å². The topological polar surface area (TPSA) is 104 Å².